The Kier molecular flexibility index (Phi) is 5.79. The van der Waals surface area contributed by atoms with E-state index in [9.17, 15) is 22.8 Å². The standard InChI is InChI=1S/C21H22F3N5O2/c22-21(23,24)15-3-1-2-4-16(15)26-19(30)14-11-29(12-14)18-8-7-17(27-28-18)20(31)25-10-9-13-5-6-13/h1-4,7-8,13-14H,5-6,9-12H2,(H,25,31)(H,26,30). The molecule has 0 radical (unpaired) electrons. The first kappa shape index (κ1) is 21.1. The molecule has 164 valence electrons. The molecule has 4 rings (SSSR count). The highest BCUT2D eigenvalue weighted by molar-refractivity contribution is 5.95. The molecule has 31 heavy (non-hydrogen) atoms. The predicted octanol–water partition coefficient (Wildman–Crippen LogP) is 3.10. The van der Waals surface area contributed by atoms with Crippen molar-refractivity contribution in [3.63, 3.8) is 0 Å². The quantitative estimate of drug-likeness (QED) is 0.701. The van der Waals surface area contributed by atoms with Crippen LogP contribution in [0.3, 0.4) is 0 Å². The van der Waals surface area contributed by atoms with Crippen molar-refractivity contribution in [2.24, 2.45) is 11.8 Å². The van der Waals surface area contributed by atoms with E-state index in [1.165, 1.54) is 31.0 Å². The maximum Gasteiger partial charge on any atom is 0.418 e. The van der Waals surface area contributed by atoms with Crippen LogP contribution in [-0.2, 0) is 11.0 Å². The van der Waals surface area contributed by atoms with Crippen molar-refractivity contribution < 1.29 is 22.8 Å². The van der Waals surface area contributed by atoms with E-state index in [2.05, 4.69) is 20.8 Å². The van der Waals surface area contributed by atoms with E-state index in [0.29, 0.717) is 25.5 Å². The van der Waals surface area contributed by atoms with E-state index in [1.807, 2.05) is 0 Å². The number of carbonyl (C=O) groups excluding carboxylic acids is 2. The average Bonchev–Trinajstić information content (AvgIpc) is 3.51. The number of para-hydroxylation sites is 1. The molecule has 2 aromatic rings. The van der Waals surface area contributed by atoms with Gasteiger partial charge in [0, 0.05) is 19.6 Å². The molecule has 0 bridgehead atoms. The number of hydrogen-bond acceptors (Lipinski definition) is 5. The fraction of sp³-hybridized carbons (Fsp3) is 0.429. The summed E-state index contributed by atoms with van der Waals surface area (Å²) in [5.41, 5.74) is -0.912. The fourth-order valence-corrected chi connectivity index (χ4v) is 3.41. The smallest absolute Gasteiger partial charge is 0.353 e. The van der Waals surface area contributed by atoms with Crippen molar-refractivity contribution >= 4 is 23.3 Å². The summed E-state index contributed by atoms with van der Waals surface area (Å²) in [4.78, 5) is 26.2. The van der Waals surface area contributed by atoms with Gasteiger partial charge in [0.2, 0.25) is 5.91 Å². The summed E-state index contributed by atoms with van der Waals surface area (Å²) in [7, 11) is 0. The van der Waals surface area contributed by atoms with Gasteiger partial charge in [0.1, 0.15) is 0 Å². The number of rotatable bonds is 7. The third-order valence-corrected chi connectivity index (χ3v) is 5.48. The molecule has 0 spiro atoms. The first-order valence-corrected chi connectivity index (χ1v) is 10.1. The average molecular weight is 433 g/mol. The number of hydrogen-bond donors (Lipinski definition) is 2. The second kappa shape index (κ2) is 8.52. The van der Waals surface area contributed by atoms with Crippen molar-refractivity contribution in [3.05, 3.63) is 47.7 Å². The van der Waals surface area contributed by atoms with E-state index in [0.717, 1.165) is 18.4 Å². The van der Waals surface area contributed by atoms with Gasteiger partial charge in [-0.25, -0.2) is 0 Å². The third kappa shape index (κ3) is 5.12. The van der Waals surface area contributed by atoms with Crippen molar-refractivity contribution in [3.8, 4) is 0 Å². The van der Waals surface area contributed by atoms with Crippen molar-refractivity contribution in [2.45, 2.75) is 25.4 Å². The highest BCUT2D eigenvalue weighted by Gasteiger charge is 2.37. The summed E-state index contributed by atoms with van der Waals surface area (Å²) < 4.78 is 39.2. The van der Waals surface area contributed by atoms with Crippen LogP contribution in [0.15, 0.2) is 36.4 Å². The van der Waals surface area contributed by atoms with Gasteiger partial charge in [0.15, 0.2) is 11.5 Å². The molecule has 1 aliphatic carbocycles. The highest BCUT2D eigenvalue weighted by Crippen LogP contribution is 2.35. The van der Waals surface area contributed by atoms with Crippen LogP contribution in [0.25, 0.3) is 0 Å². The van der Waals surface area contributed by atoms with E-state index in [4.69, 9.17) is 0 Å². The molecule has 2 fully saturated rings. The molecule has 2 amide bonds. The normalized spacial score (nSPS) is 16.5. The van der Waals surface area contributed by atoms with E-state index in [1.54, 1.807) is 17.0 Å². The molecule has 2 N–H and O–H groups in total. The molecule has 2 aliphatic rings. The van der Waals surface area contributed by atoms with E-state index >= 15 is 0 Å². The van der Waals surface area contributed by atoms with Crippen LogP contribution in [-0.4, -0.2) is 41.6 Å². The maximum atomic E-state index is 13.1. The summed E-state index contributed by atoms with van der Waals surface area (Å²) in [5.74, 6) is 0.0199. The third-order valence-electron chi connectivity index (χ3n) is 5.48. The van der Waals surface area contributed by atoms with Gasteiger partial charge in [-0.2, -0.15) is 13.2 Å². The Morgan fingerprint density at radius 2 is 1.81 bits per heavy atom. The summed E-state index contributed by atoms with van der Waals surface area (Å²) in [5, 5.41) is 13.2. The van der Waals surface area contributed by atoms with Crippen LogP contribution < -0.4 is 15.5 Å². The molecule has 1 aliphatic heterocycles. The Balaban J connectivity index is 1.28. The Hall–Kier alpha value is -3.17. The van der Waals surface area contributed by atoms with Gasteiger partial charge in [-0.3, -0.25) is 9.59 Å². The summed E-state index contributed by atoms with van der Waals surface area (Å²) in [6.07, 6.45) is -1.11. The lowest BCUT2D eigenvalue weighted by Crippen LogP contribution is -2.52. The number of aromatic nitrogens is 2. The number of amides is 2. The maximum absolute atomic E-state index is 13.1. The molecule has 0 unspecified atom stereocenters. The zero-order valence-corrected chi connectivity index (χ0v) is 16.7. The number of alkyl halides is 3. The predicted molar refractivity (Wildman–Crippen MR) is 107 cm³/mol. The number of anilines is 2. The molecule has 1 aromatic carbocycles. The van der Waals surface area contributed by atoms with Crippen LogP contribution in [0.1, 0.15) is 35.3 Å². The van der Waals surface area contributed by atoms with Gasteiger partial charge in [-0.05, 0) is 36.6 Å². The van der Waals surface area contributed by atoms with Gasteiger partial charge in [0.25, 0.3) is 5.91 Å². The van der Waals surface area contributed by atoms with Crippen LogP contribution in [0.5, 0.6) is 0 Å². The van der Waals surface area contributed by atoms with Gasteiger partial charge in [-0.15, -0.1) is 10.2 Å². The minimum absolute atomic E-state index is 0.220. The van der Waals surface area contributed by atoms with Gasteiger partial charge < -0.3 is 15.5 Å². The monoisotopic (exact) mass is 433 g/mol. The lowest BCUT2D eigenvalue weighted by molar-refractivity contribution is -0.137. The largest absolute Gasteiger partial charge is 0.418 e. The van der Waals surface area contributed by atoms with Crippen molar-refractivity contribution in [1.82, 2.24) is 15.5 Å². The molecule has 1 saturated heterocycles. The Morgan fingerprint density at radius 3 is 2.45 bits per heavy atom. The molecule has 1 aromatic heterocycles. The molecule has 1 saturated carbocycles. The lowest BCUT2D eigenvalue weighted by Gasteiger charge is -2.38. The van der Waals surface area contributed by atoms with Gasteiger partial charge in [0.05, 0.1) is 17.2 Å². The summed E-state index contributed by atoms with van der Waals surface area (Å²) in [6, 6.07) is 8.10. The number of carbonyl (C=O) groups is 2. The molecular weight excluding hydrogens is 411 g/mol. The molecular formula is C21H22F3N5O2. The SMILES string of the molecule is O=C(NCCC1CC1)c1ccc(N2CC(C(=O)Nc3ccccc3C(F)(F)F)C2)nn1. The van der Waals surface area contributed by atoms with Gasteiger partial charge >= 0.3 is 6.18 Å². The first-order chi connectivity index (χ1) is 14.8. The summed E-state index contributed by atoms with van der Waals surface area (Å²) in [6.45, 7) is 1.23. The van der Waals surface area contributed by atoms with Gasteiger partial charge in [-0.1, -0.05) is 25.0 Å². The lowest BCUT2D eigenvalue weighted by atomic mass is 9.98. The number of halogens is 3. The number of nitrogens with zero attached hydrogens (tertiary/aromatic N) is 3. The van der Waals surface area contributed by atoms with Crippen LogP contribution in [0.4, 0.5) is 24.7 Å². The fourth-order valence-electron chi connectivity index (χ4n) is 3.41. The Labute approximate surface area is 177 Å². The Morgan fingerprint density at radius 1 is 1.06 bits per heavy atom. The van der Waals surface area contributed by atoms with Crippen molar-refractivity contribution in [1.29, 1.82) is 0 Å². The number of nitrogens with one attached hydrogen (secondary N) is 2. The Bertz CT molecular complexity index is 954. The molecule has 10 heteroatoms. The minimum Gasteiger partial charge on any atom is -0.353 e. The minimum atomic E-state index is -4.54. The topological polar surface area (TPSA) is 87.2 Å². The first-order valence-electron chi connectivity index (χ1n) is 10.1. The molecule has 0 atom stereocenters. The second-order valence-electron chi connectivity index (χ2n) is 7.90. The van der Waals surface area contributed by atoms with Crippen molar-refractivity contribution in [2.75, 3.05) is 29.9 Å². The summed E-state index contributed by atoms with van der Waals surface area (Å²) >= 11 is 0. The van der Waals surface area contributed by atoms with Crippen LogP contribution in [0.2, 0.25) is 0 Å². The second-order valence-corrected chi connectivity index (χ2v) is 7.90. The number of benzene rings is 1. The van der Waals surface area contributed by atoms with E-state index < -0.39 is 23.6 Å². The van der Waals surface area contributed by atoms with Crippen LogP contribution >= 0.6 is 0 Å². The zero-order chi connectivity index (χ0) is 22.0. The highest BCUT2D eigenvalue weighted by atomic mass is 19.4. The zero-order valence-electron chi connectivity index (χ0n) is 16.7. The molecule has 7 nitrogen and oxygen atoms in total. The molecule has 2 heterocycles. The van der Waals surface area contributed by atoms with E-state index in [-0.39, 0.29) is 17.3 Å². The van der Waals surface area contributed by atoms with Crippen LogP contribution in [0, 0.1) is 11.8 Å².